The first-order valence-electron chi connectivity index (χ1n) is 5.36. The molecule has 0 aliphatic rings. The van der Waals surface area contributed by atoms with E-state index in [-0.39, 0.29) is 0 Å². The second-order valence-corrected chi connectivity index (χ2v) is 4.72. The minimum Gasteiger partial charge on any atom is -0.383 e. The normalized spacial score (nSPS) is 11.0. The average Bonchev–Trinajstić information content (AvgIpc) is 2.68. The molecule has 0 fully saturated rings. The van der Waals surface area contributed by atoms with Crippen molar-refractivity contribution in [3.05, 3.63) is 35.1 Å². The van der Waals surface area contributed by atoms with Gasteiger partial charge in [0.2, 0.25) is 0 Å². The lowest BCUT2D eigenvalue weighted by Gasteiger charge is -2.03. The van der Waals surface area contributed by atoms with Gasteiger partial charge < -0.3 is 10.3 Å². The van der Waals surface area contributed by atoms with Crippen molar-refractivity contribution in [2.75, 3.05) is 5.73 Å². The summed E-state index contributed by atoms with van der Waals surface area (Å²) in [6, 6.07) is 7.53. The van der Waals surface area contributed by atoms with Crippen LogP contribution in [0.1, 0.15) is 0 Å². The first-order chi connectivity index (χ1) is 8.66. The Balaban J connectivity index is 2.31. The van der Waals surface area contributed by atoms with Crippen LogP contribution in [0.15, 0.2) is 35.1 Å². The molecule has 0 spiro atoms. The highest BCUT2D eigenvalue weighted by atomic mass is 79.9. The molecule has 0 atom stereocenters. The first-order valence-corrected chi connectivity index (χ1v) is 6.16. The van der Waals surface area contributed by atoms with E-state index in [1.165, 1.54) is 0 Å². The summed E-state index contributed by atoms with van der Waals surface area (Å²) >= 11 is 3.36. The molecule has 3 aromatic heterocycles. The van der Waals surface area contributed by atoms with Gasteiger partial charge in [-0.3, -0.25) is 0 Å². The third kappa shape index (κ3) is 1.65. The van der Waals surface area contributed by atoms with Crippen LogP contribution in [0.4, 0.5) is 5.82 Å². The summed E-state index contributed by atoms with van der Waals surface area (Å²) in [6.45, 7) is 0. The number of nitrogen functional groups attached to an aromatic ring is 1. The van der Waals surface area contributed by atoms with Crippen molar-refractivity contribution in [2.24, 2.45) is 7.05 Å². The van der Waals surface area contributed by atoms with Crippen molar-refractivity contribution in [1.82, 2.24) is 19.5 Å². The van der Waals surface area contributed by atoms with E-state index in [1.54, 1.807) is 6.20 Å². The molecule has 3 heterocycles. The van der Waals surface area contributed by atoms with E-state index >= 15 is 0 Å². The number of anilines is 1. The largest absolute Gasteiger partial charge is 0.383 e. The van der Waals surface area contributed by atoms with E-state index in [0.29, 0.717) is 5.82 Å². The molecule has 0 aliphatic carbocycles. The number of pyridine rings is 2. The predicted molar refractivity (Wildman–Crippen MR) is 73.9 cm³/mol. The Morgan fingerprint density at radius 3 is 2.83 bits per heavy atom. The second kappa shape index (κ2) is 4.06. The zero-order valence-electron chi connectivity index (χ0n) is 9.63. The number of halogens is 1. The topological polar surface area (TPSA) is 69.6 Å². The van der Waals surface area contributed by atoms with Crippen LogP contribution >= 0.6 is 15.9 Å². The summed E-state index contributed by atoms with van der Waals surface area (Å²) in [5.41, 5.74) is 8.33. The molecular weight excluding hydrogens is 294 g/mol. The summed E-state index contributed by atoms with van der Waals surface area (Å²) < 4.78 is 2.69. The number of fused-ring (bicyclic) bond motifs is 1. The summed E-state index contributed by atoms with van der Waals surface area (Å²) in [5.74, 6) is 1.23. The molecule has 0 aliphatic heterocycles. The number of imidazole rings is 1. The van der Waals surface area contributed by atoms with Gasteiger partial charge >= 0.3 is 0 Å². The maximum absolute atomic E-state index is 5.88. The molecular formula is C12H10BrN5. The van der Waals surface area contributed by atoms with Crippen molar-refractivity contribution in [2.45, 2.75) is 0 Å². The van der Waals surface area contributed by atoms with Gasteiger partial charge in [-0.2, -0.15) is 0 Å². The number of nitrogens with two attached hydrogens (primary N) is 1. The maximum Gasteiger partial charge on any atom is 0.161 e. The van der Waals surface area contributed by atoms with Crippen LogP contribution in [-0.4, -0.2) is 19.5 Å². The van der Waals surface area contributed by atoms with Gasteiger partial charge in [0.1, 0.15) is 21.8 Å². The molecule has 0 saturated heterocycles. The number of nitrogens with zero attached hydrogens (tertiary/aromatic N) is 4. The summed E-state index contributed by atoms with van der Waals surface area (Å²) in [5, 5.41) is 0. The standard InChI is InChI=1S/C12H10BrN5/c1-18-11(7-3-2-6-15-10(7)14)16-8-4-5-9(13)17-12(8)18/h2-6H,1H3,(H2,14,15). The first kappa shape index (κ1) is 11.2. The third-order valence-corrected chi connectivity index (χ3v) is 3.20. The highest BCUT2D eigenvalue weighted by molar-refractivity contribution is 9.10. The van der Waals surface area contributed by atoms with Crippen molar-refractivity contribution in [1.29, 1.82) is 0 Å². The number of hydrogen-bond acceptors (Lipinski definition) is 4. The predicted octanol–water partition coefficient (Wildman–Crippen LogP) is 2.38. The number of aromatic nitrogens is 4. The molecule has 0 amide bonds. The number of aryl methyl sites for hydroxylation is 1. The van der Waals surface area contributed by atoms with Crippen molar-refractivity contribution in [3.63, 3.8) is 0 Å². The molecule has 18 heavy (non-hydrogen) atoms. The fourth-order valence-corrected chi connectivity index (χ4v) is 2.19. The molecule has 6 heteroatoms. The van der Waals surface area contributed by atoms with Gasteiger partial charge in [-0.15, -0.1) is 0 Å². The molecule has 5 nitrogen and oxygen atoms in total. The Hall–Kier alpha value is -1.95. The van der Waals surface area contributed by atoms with Gasteiger partial charge in [-0.25, -0.2) is 15.0 Å². The van der Waals surface area contributed by atoms with Crippen LogP contribution in [0.2, 0.25) is 0 Å². The number of hydrogen-bond donors (Lipinski definition) is 1. The van der Waals surface area contributed by atoms with E-state index in [9.17, 15) is 0 Å². The summed E-state index contributed by atoms with van der Waals surface area (Å²) in [4.78, 5) is 13.0. The SMILES string of the molecule is Cn1c(-c2cccnc2N)nc2ccc(Br)nc21. The van der Waals surface area contributed by atoms with Gasteiger partial charge in [0.05, 0.1) is 5.56 Å². The third-order valence-electron chi connectivity index (χ3n) is 2.76. The van der Waals surface area contributed by atoms with Crippen LogP contribution < -0.4 is 5.73 Å². The molecule has 3 aromatic rings. The van der Waals surface area contributed by atoms with Gasteiger partial charge in [-0.1, -0.05) is 0 Å². The second-order valence-electron chi connectivity index (χ2n) is 3.91. The van der Waals surface area contributed by atoms with E-state index in [1.807, 2.05) is 35.9 Å². The maximum atomic E-state index is 5.88. The van der Waals surface area contributed by atoms with Crippen LogP contribution in [0.25, 0.3) is 22.6 Å². The molecule has 0 saturated carbocycles. The highest BCUT2D eigenvalue weighted by Gasteiger charge is 2.13. The molecule has 3 rings (SSSR count). The highest BCUT2D eigenvalue weighted by Crippen LogP contribution is 2.26. The minimum absolute atomic E-state index is 0.468. The van der Waals surface area contributed by atoms with Crippen molar-refractivity contribution in [3.8, 4) is 11.4 Å². The Kier molecular flexibility index (Phi) is 2.52. The van der Waals surface area contributed by atoms with E-state index in [0.717, 1.165) is 27.2 Å². The summed E-state index contributed by atoms with van der Waals surface area (Å²) in [6.07, 6.45) is 1.66. The Morgan fingerprint density at radius 2 is 2.06 bits per heavy atom. The fourth-order valence-electron chi connectivity index (χ4n) is 1.89. The molecule has 0 bridgehead atoms. The molecule has 2 N–H and O–H groups in total. The fraction of sp³-hybridized carbons (Fsp3) is 0.0833. The zero-order chi connectivity index (χ0) is 12.7. The number of rotatable bonds is 1. The average molecular weight is 304 g/mol. The molecule has 0 aromatic carbocycles. The van der Waals surface area contributed by atoms with Crippen LogP contribution in [0, 0.1) is 0 Å². The molecule has 90 valence electrons. The van der Waals surface area contributed by atoms with Gasteiger partial charge in [0.25, 0.3) is 0 Å². The van der Waals surface area contributed by atoms with Crippen molar-refractivity contribution < 1.29 is 0 Å². The van der Waals surface area contributed by atoms with Gasteiger partial charge in [-0.05, 0) is 40.2 Å². The van der Waals surface area contributed by atoms with Crippen molar-refractivity contribution >= 4 is 32.9 Å². The lowest BCUT2D eigenvalue weighted by atomic mass is 10.2. The lowest BCUT2D eigenvalue weighted by Crippen LogP contribution is -1.99. The molecule has 0 unspecified atom stereocenters. The Morgan fingerprint density at radius 1 is 1.22 bits per heavy atom. The minimum atomic E-state index is 0.468. The monoisotopic (exact) mass is 303 g/mol. The van der Waals surface area contributed by atoms with Crippen LogP contribution in [0.5, 0.6) is 0 Å². The lowest BCUT2D eigenvalue weighted by molar-refractivity contribution is 0.939. The smallest absolute Gasteiger partial charge is 0.161 e. The van der Waals surface area contributed by atoms with E-state index in [2.05, 4.69) is 30.9 Å². The van der Waals surface area contributed by atoms with Crippen LogP contribution in [-0.2, 0) is 7.05 Å². The zero-order valence-corrected chi connectivity index (χ0v) is 11.2. The quantitative estimate of drug-likeness (QED) is 0.701. The van der Waals surface area contributed by atoms with Gasteiger partial charge in [0.15, 0.2) is 5.65 Å². The Labute approximate surface area is 112 Å². The van der Waals surface area contributed by atoms with Crippen LogP contribution in [0.3, 0.4) is 0 Å². The Bertz CT molecular complexity index is 734. The van der Waals surface area contributed by atoms with Gasteiger partial charge in [0, 0.05) is 13.2 Å². The van der Waals surface area contributed by atoms with E-state index in [4.69, 9.17) is 5.73 Å². The van der Waals surface area contributed by atoms with E-state index < -0.39 is 0 Å². The summed E-state index contributed by atoms with van der Waals surface area (Å²) in [7, 11) is 1.91. The molecule has 0 radical (unpaired) electrons.